The molecular formula is C13H22F3N3O2. The highest BCUT2D eigenvalue weighted by atomic mass is 19.4. The third-order valence-corrected chi connectivity index (χ3v) is 3.74. The van der Waals surface area contributed by atoms with Crippen molar-refractivity contribution < 1.29 is 22.8 Å². The van der Waals surface area contributed by atoms with Gasteiger partial charge >= 0.3 is 12.2 Å². The molecule has 0 heterocycles. The molecule has 122 valence electrons. The summed E-state index contributed by atoms with van der Waals surface area (Å²) in [7, 11) is 0. The largest absolute Gasteiger partial charge is 0.405 e. The van der Waals surface area contributed by atoms with Gasteiger partial charge in [-0.2, -0.15) is 13.2 Å². The standard InChI is InChI=1S/C13H22F3N3O2/c1-8-4-3-5-9(2)11(8)19-12(21)17-6-10(20)18-7-13(14,15)16/h8-9,11H,3-7H2,1-2H3,(H,18,20)(H2,17,19,21)/t8-,9+,11?. The molecule has 1 rings (SSSR count). The van der Waals surface area contributed by atoms with E-state index in [0.29, 0.717) is 11.8 Å². The van der Waals surface area contributed by atoms with E-state index in [2.05, 4.69) is 24.5 Å². The monoisotopic (exact) mass is 309 g/mol. The molecule has 0 aromatic heterocycles. The van der Waals surface area contributed by atoms with Gasteiger partial charge < -0.3 is 16.0 Å². The van der Waals surface area contributed by atoms with E-state index < -0.39 is 31.2 Å². The summed E-state index contributed by atoms with van der Waals surface area (Å²) in [5, 5.41) is 6.76. The summed E-state index contributed by atoms with van der Waals surface area (Å²) in [6.45, 7) is 2.23. The van der Waals surface area contributed by atoms with Crippen molar-refractivity contribution in [1.29, 1.82) is 0 Å². The van der Waals surface area contributed by atoms with Crippen molar-refractivity contribution in [3.8, 4) is 0 Å². The van der Waals surface area contributed by atoms with Gasteiger partial charge in [0.25, 0.3) is 0 Å². The molecule has 1 aliphatic rings. The number of urea groups is 1. The Labute approximate surface area is 122 Å². The molecule has 5 nitrogen and oxygen atoms in total. The van der Waals surface area contributed by atoms with Crippen molar-refractivity contribution >= 4 is 11.9 Å². The average Bonchev–Trinajstić information content (AvgIpc) is 2.37. The fourth-order valence-corrected chi connectivity index (χ4v) is 2.59. The molecule has 8 heteroatoms. The minimum atomic E-state index is -4.45. The van der Waals surface area contributed by atoms with Crippen LogP contribution in [0.1, 0.15) is 33.1 Å². The predicted molar refractivity (Wildman–Crippen MR) is 71.6 cm³/mol. The van der Waals surface area contributed by atoms with Gasteiger partial charge in [-0.25, -0.2) is 4.79 Å². The lowest BCUT2D eigenvalue weighted by atomic mass is 9.79. The van der Waals surface area contributed by atoms with Gasteiger partial charge in [-0.3, -0.25) is 4.79 Å². The highest BCUT2D eigenvalue weighted by Crippen LogP contribution is 2.28. The smallest absolute Gasteiger partial charge is 0.345 e. The second-order valence-corrected chi connectivity index (χ2v) is 5.63. The topological polar surface area (TPSA) is 70.2 Å². The summed E-state index contributed by atoms with van der Waals surface area (Å²) in [4.78, 5) is 22.8. The Morgan fingerprint density at radius 1 is 1.10 bits per heavy atom. The maximum absolute atomic E-state index is 11.9. The lowest BCUT2D eigenvalue weighted by Gasteiger charge is -2.35. The van der Waals surface area contributed by atoms with E-state index in [0.717, 1.165) is 19.3 Å². The SMILES string of the molecule is C[C@@H]1CCC[C@H](C)C1NC(=O)NCC(=O)NCC(F)(F)F. The van der Waals surface area contributed by atoms with Gasteiger partial charge in [-0.05, 0) is 24.7 Å². The second kappa shape index (κ2) is 7.51. The Bertz CT molecular complexity index is 364. The third kappa shape index (κ3) is 6.68. The summed E-state index contributed by atoms with van der Waals surface area (Å²) < 4.78 is 35.7. The fraction of sp³-hybridized carbons (Fsp3) is 0.846. The molecule has 3 atom stereocenters. The molecule has 0 aromatic rings. The van der Waals surface area contributed by atoms with Crippen molar-refractivity contribution in [3.63, 3.8) is 0 Å². The summed E-state index contributed by atoms with van der Waals surface area (Å²) in [5.74, 6) is -0.177. The quantitative estimate of drug-likeness (QED) is 0.741. The van der Waals surface area contributed by atoms with Gasteiger partial charge in [0, 0.05) is 6.04 Å². The zero-order chi connectivity index (χ0) is 16.0. The number of hydrogen-bond donors (Lipinski definition) is 3. The van der Waals surface area contributed by atoms with E-state index in [-0.39, 0.29) is 6.04 Å². The molecular weight excluding hydrogens is 287 g/mol. The van der Waals surface area contributed by atoms with E-state index >= 15 is 0 Å². The van der Waals surface area contributed by atoms with Crippen molar-refractivity contribution in [2.45, 2.75) is 45.3 Å². The molecule has 0 bridgehead atoms. The normalized spacial score (nSPS) is 26.0. The molecule has 1 saturated carbocycles. The average molecular weight is 309 g/mol. The number of halogens is 3. The number of alkyl halides is 3. The Morgan fingerprint density at radius 2 is 1.67 bits per heavy atom. The highest BCUT2D eigenvalue weighted by Gasteiger charge is 2.29. The zero-order valence-electron chi connectivity index (χ0n) is 12.2. The molecule has 0 aliphatic heterocycles. The van der Waals surface area contributed by atoms with Gasteiger partial charge in [0.05, 0.1) is 6.54 Å². The first kappa shape index (κ1) is 17.6. The summed E-state index contributed by atoms with van der Waals surface area (Å²) in [6.07, 6.45) is -1.27. The number of rotatable bonds is 4. The first-order valence-corrected chi connectivity index (χ1v) is 7.07. The van der Waals surface area contributed by atoms with Crippen LogP contribution in [0.15, 0.2) is 0 Å². The number of carbonyl (C=O) groups is 2. The van der Waals surface area contributed by atoms with Gasteiger partial charge in [0.1, 0.15) is 6.54 Å². The number of amides is 3. The number of hydrogen-bond acceptors (Lipinski definition) is 2. The lowest BCUT2D eigenvalue weighted by molar-refractivity contribution is -0.137. The van der Waals surface area contributed by atoms with E-state index in [1.54, 1.807) is 5.32 Å². The molecule has 0 spiro atoms. The van der Waals surface area contributed by atoms with Crippen LogP contribution in [0.2, 0.25) is 0 Å². The van der Waals surface area contributed by atoms with E-state index in [1.807, 2.05) is 0 Å². The molecule has 0 radical (unpaired) electrons. The molecule has 21 heavy (non-hydrogen) atoms. The van der Waals surface area contributed by atoms with Crippen LogP contribution in [0.25, 0.3) is 0 Å². The van der Waals surface area contributed by atoms with Gasteiger partial charge in [0.2, 0.25) is 5.91 Å². The fourth-order valence-electron chi connectivity index (χ4n) is 2.59. The van der Waals surface area contributed by atoms with Gasteiger partial charge in [-0.1, -0.05) is 20.3 Å². The molecule has 0 saturated heterocycles. The van der Waals surface area contributed by atoms with Crippen LogP contribution in [0.3, 0.4) is 0 Å². The Hall–Kier alpha value is -1.47. The van der Waals surface area contributed by atoms with Crippen LogP contribution in [0.4, 0.5) is 18.0 Å². The van der Waals surface area contributed by atoms with Crippen LogP contribution in [0, 0.1) is 11.8 Å². The zero-order valence-corrected chi connectivity index (χ0v) is 12.2. The molecule has 3 N–H and O–H groups in total. The van der Waals surface area contributed by atoms with Crippen LogP contribution in [-0.4, -0.2) is 37.2 Å². The molecule has 1 aliphatic carbocycles. The molecule has 1 unspecified atom stereocenters. The van der Waals surface area contributed by atoms with Crippen molar-refractivity contribution in [3.05, 3.63) is 0 Å². The van der Waals surface area contributed by atoms with Crippen LogP contribution in [-0.2, 0) is 4.79 Å². The maximum Gasteiger partial charge on any atom is 0.405 e. The molecule has 0 aromatic carbocycles. The van der Waals surface area contributed by atoms with Crippen molar-refractivity contribution in [2.75, 3.05) is 13.1 Å². The molecule has 1 fully saturated rings. The third-order valence-electron chi connectivity index (χ3n) is 3.74. The highest BCUT2D eigenvalue weighted by molar-refractivity contribution is 5.84. The van der Waals surface area contributed by atoms with Crippen LogP contribution in [0.5, 0.6) is 0 Å². The first-order valence-electron chi connectivity index (χ1n) is 7.07. The summed E-state index contributed by atoms with van der Waals surface area (Å²) >= 11 is 0. The summed E-state index contributed by atoms with van der Waals surface area (Å²) in [5.41, 5.74) is 0. The maximum atomic E-state index is 11.9. The van der Waals surface area contributed by atoms with Gasteiger partial charge in [-0.15, -0.1) is 0 Å². The van der Waals surface area contributed by atoms with E-state index in [9.17, 15) is 22.8 Å². The first-order chi connectivity index (χ1) is 9.69. The van der Waals surface area contributed by atoms with Crippen LogP contribution >= 0.6 is 0 Å². The summed E-state index contributed by atoms with van der Waals surface area (Å²) in [6, 6.07) is -0.500. The van der Waals surface area contributed by atoms with Crippen LogP contribution < -0.4 is 16.0 Å². The number of carbonyl (C=O) groups excluding carboxylic acids is 2. The minimum absolute atomic E-state index is 0.0250. The van der Waals surface area contributed by atoms with E-state index in [1.165, 1.54) is 0 Å². The molecule has 3 amide bonds. The lowest BCUT2D eigenvalue weighted by Crippen LogP contribution is -2.51. The van der Waals surface area contributed by atoms with E-state index in [4.69, 9.17) is 0 Å². The van der Waals surface area contributed by atoms with Crippen molar-refractivity contribution in [1.82, 2.24) is 16.0 Å². The number of nitrogens with one attached hydrogen (secondary N) is 3. The Morgan fingerprint density at radius 3 is 2.19 bits per heavy atom. The van der Waals surface area contributed by atoms with Crippen molar-refractivity contribution in [2.24, 2.45) is 11.8 Å². The Kier molecular flexibility index (Phi) is 6.29. The van der Waals surface area contributed by atoms with Gasteiger partial charge in [0.15, 0.2) is 0 Å². The predicted octanol–water partition coefficient (Wildman–Crippen LogP) is 1.79. The minimum Gasteiger partial charge on any atom is -0.345 e. The Balaban J connectivity index is 2.28. The second-order valence-electron chi connectivity index (χ2n) is 5.63.